The van der Waals surface area contributed by atoms with Crippen LogP contribution in [0.15, 0.2) is 24.3 Å². The number of esters is 1. The van der Waals surface area contributed by atoms with E-state index in [1.165, 1.54) is 7.11 Å². The van der Waals surface area contributed by atoms with E-state index in [2.05, 4.69) is 41.2 Å². The van der Waals surface area contributed by atoms with Crippen molar-refractivity contribution in [2.45, 2.75) is 72.9 Å². The Bertz CT molecular complexity index is 983. The first-order valence-electron chi connectivity index (χ1n) is 13.5. The highest BCUT2D eigenvalue weighted by molar-refractivity contribution is 5.95. The molecule has 1 heterocycles. The van der Waals surface area contributed by atoms with Crippen LogP contribution in [0.25, 0.3) is 11.3 Å². The highest BCUT2D eigenvalue weighted by Crippen LogP contribution is 2.40. The average Bonchev–Trinajstić information content (AvgIpc) is 3.40. The quantitative estimate of drug-likeness (QED) is 0.274. The Hall–Kier alpha value is -3.40. The van der Waals surface area contributed by atoms with Gasteiger partial charge in [0.1, 0.15) is 17.8 Å². The summed E-state index contributed by atoms with van der Waals surface area (Å²) < 4.78 is 17.3. The smallest absolute Gasteiger partial charge is 0.319 e. The fourth-order valence-electron chi connectivity index (χ4n) is 3.45. The number of nitrogens with one attached hydrogen (secondary N) is 2. The highest BCUT2D eigenvalue weighted by Gasteiger charge is 2.25. The molecule has 0 bridgehead atoms. The Morgan fingerprint density at radius 2 is 1.67 bits per heavy atom. The van der Waals surface area contributed by atoms with E-state index in [4.69, 9.17) is 9.47 Å². The molecular formula is C29H48N4O6. The lowest BCUT2D eigenvalue weighted by Gasteiger charge is -2.21. The fraction of sp³-hybridized carbons (Fsp3) is 0.586. The van der Waals surface area contributed by atoms with E-state index in [0.29, 0.717) is 17.9 Å². The minimum atomic E-state index is -0.519. The number of aldehydes is 1. The van der Waals surface area contributed by atoms with E-state index < -0.39 is 6.04 Å². The first-order valence-corrected chi connectivity index (χ1v) is 13.5. The monoisotopic (exact) mass is 548 g/mol. The maximum absolute atomic E-state index is 12.9. The van der Waals surface area contributed by atoms with Crippen LogP contribution in [-0.2, 0) is 14.3 Å². The highest BCUT2D eigenvalue weighted by atomic mass is 16.5. The van der Waals surface area contributed by atoms with Gasteiger partial charge in [-0.3, -0.25) is 14.3 Å². The number of aromatic nitrogens is 2. The van der Waals surface area contributed by atoms with Gasteiger partial charge in [0.25, 0.3) is 5.91 Å². The molecule has 1 aromatic carbocycles. The van der Waals surface area contributed by atoms with Crippen molar-refractivity contribution in [2.24, 2.45) is 5.92 Å². The number of amides is 1. The maximum Gasteiger partial charge on any atom is 0.319 e. The summed E-state index contributed by atoms with van der Waals surface area (Å²) in [4.78, 5) is 34.4. The Labute approximate surface area is 233 Å². The number of benzene rings is 1. The summed E-state index contributed by atoms with van der Waals surface area (Å²) in [7, 11) is 6.25. The fourth-order valence-corrected chi connectivity index (χ4v) is 3.45. The number of rotatable bonds is 13. The molecule has 39 heavy (non-hydrogen) atoms. The van der Waals surface area contributed by atoms with Crippen molar-refractivity contribution in [1.82, 2.24) is 20.4 Å². The van der Waals surface area contributed by atoms with Gasteiger partial charge in [-0.15, -0.1) is 0 Å². The van der Waals surface area contributed by atoms with Gasteiger partial charge in [0.2, 0.25) is 0 Å². The molecule has 1 amide bonds. The third-order valence-electron chi connectivity index (χ3n) is 5.90. The van der Waals surface area contributed by atoms with Gasteiger partial charge < -0.3 is 29.6 Å². The molecule has 0 aliphatic heterocycles. The lowest BCUT2D eigenvalue weighted by molar-refractivity contribution is -0.139. The SMILES string of the molecule is CC.CCCCC(C=O)NC(=O)c1cc(-c2c(OC)cccc2OC)n(C(C)C(C)C)n1.CNCC(=O)OC. The van der Waals surface area contributed by atoms with Crippen LogP contribution in [0.3, 0.4) is 0 Å². The number of carbonyl (C=O) groups is 3. The van der Waals surface area contributed by atoms with Crippen LogP contribution in [0.4, 0.5) is 0 Å². The van der Waals surface area contributed by atoms with Crippen molar-refractivity contribution in [3.63, 3.8) is 0 Å². The summed E-state index contributed by atoms with van der Waals surface area (Å²) in [5.74, 6) is 0.947. The van der Waals surface area contributed by atoms with Crippen LogP contribution in [0, 0.1) is 5.92 Å². The van der Waals surface area contributed by atoms with E-state index in [9.17, 15) is 14.4 Å². The Morgan fingerprint density at radius 1 is 1.08 bits per heavy atom. The second-order valence-electron chi connectivity index (χ2n) is 8.85. The number of nitrogens with zero attached hydrogens (tertiary/aromatic N) is 2. The van der Waals surface area contributed by atoms with Crippen LogP contribution in [0.5, 0.6) is 11.5 Å². The van der Waals surface area contributed by atoms with Crippen LogP contribution in [-0.4, -0.2) is 68.9 Å². The third-order valence-corrected chi connectivity index (χ3v) is 5.90. The number of likely N-dealkylation sites (N-methyl/N-ethyl adjacent to an activating group) is 1. The largest absolute Gasteiger partial charge is 0.496 e. The number of ether oxygens (including phenoxy) is 3. The van der Waals surface area contributed by atoms with Gasteiger partial charge in [-0.1, -0.05) is 53.5 Å². The minimum absolute atomic E-state index is 0.0260. The zero-order valence-corrected chi connectivity index (χ0v) is 25.3. The van der Waals surface area contributed by atoms with Crippen molar-refractivity contribution >= 4 is 18.2 Å². The van der Waals surface area contributed by atoms with Crippen molar-refractivity contribution in [3.05, 3.63) is 30.0 Å². The number of methoxy groups -OCH3 is 3. The summed E-state index contributed by atoms with van der Waals surface area (Å²) in [6, 6.07) is 6.79. The summed E-state index contributed by atoms with van der Waals surface area (Å²) >= 11 is 0. The second-order valence-corrected chi connectivity index (χ2v) is 8.85. The van der Waals surface area contributed by atoms with Gasteiger partial charge in [-0.2, -0.15) is 5.10 Å². The third kappa shape index (κ3) is 11.1. The van der Waals surface area contributed by atoms with Crippen LogP contribution in [0.1, 0.15) is 77.3 Å². The van der Waals surface area contributed by atoms with Gasteiger partial charge in [0, 0.05) is 0 Å². The number of unbranched alkanes of at least 4 members (excludes halogenated alkanes) is 1. The predicted molar refractivity (Wildman–Crippen MR) is 154 cm³/mol. The molecule has 2 N–H and O–H groups in total. The first-order chi connectivity index (χ1) is 18.7. The van der Waals surface area contributed by atoms with Gasteiger partial charge in [-0.25, -0.2) is 0 Å². The molecule has 0 saturated heterocycles. The maximum atomic E-state index is 12.9. The zero-order valence-electron chi connectivity index (χ0n) is 25.3. The van der Waals surface area contributed by atoms with E-state index in [1.807, 2.05) is 43.7 Å². The van der Waals surface area contributed by atoms with Gasteiger partial charge in [0.05, 0.1) is 51.2 Å². The molecule has 2 unspecified atom stereocenters. The molecule has 0 spiro atoms. The zero-order chi connectivity index (χ0) is 30.0. The van der Waals surface area contributed by atoms with Crippen LogP contribution < -0.4 is 20.1 Å². The van der Waals surface area contributed by atoms with E-state index in [1.54, 1.807) is 27.3 Å². The van der Waals surface area contributed by atoms with Crippen molar-refractivity contribution in [1.29, 1.82) is 0 Å². The predicted octanol–water partition coefficient (Wildman–Crippen LogP) is 4.68. The first kappa shape index (κ1) is 35.6. The molecule has 0 fully saturated rings. The summed E-state index contributed by atoms with van der Waals surface area (Å²) in [5, 5.41) is 10.0. The molecule has 10 heteroatoms. The van der Waals surface area contributed by atoms with Crippen molar-refractivity contribution in [2.75, 3.05) is 34.9 Å². The molecule has 2 atom stereocenters. The van der Waals surface area contributed by atoms with Crippen LogP contribution >= 0.6 is 0 Å². The second kappa shape index (κ2) is 19.6. The van der Waals surface area contributed by atoms with Crippen molar-refractivity contribution < 1.29 is 28.6 Å². The summed E-state index contributed by atoms with van der Waals surface area (Å²) in [5.41, 5.74) is 1.72. The average molecular weight is 549 g/mol. The normalized spacial score (nSPS) is 11.7. The minimum Gasteiger partial charge on any atom is -0.496 e. The Balaban J connectivity index is 0.00000139. The van der Waals surface area contributed by atoms with Gasteiger partial charge >= 0.3 is 5.97 Å². The lowest BCUT2D eigenvalue weighted by atomic mass is 10.0. The lowest BCUT2D eigenvalue weighted by Crippen LogP contribution is -2.36. The molecule has 2 aromatic rings. The van der Waals surface area contributed by atoms with E-state index in [-0.39, 0.29) is 36.1 Å². The standard InChI is InChI=1S/C23H33N3O4.C4H9NO2.C2H6/c1-7-8-10-17(14-27)24-23(28)18-13-19(26(25-18)16(4)15(2)3)22-20(29-5)11-9-12-21(22)30-6;1-5-3-4(6)7-2;1-2/h9,11-17H,7-8,10H2,1-6H3,(H,24,28);5H,3H2,1-2H3;1-2H3. The number of carbonyl (C=O) groups excluding carboxylic acids is 3. The van der Waals surface area contributed by atoms with Gasteiger partial charge in [0.15, 0.2) is 5.69 Å². The molecular weight excluding hydrogens is 500 g/mol. The molecule has 220 valence electrons. The molecule has 0 aliphatic rings. The molecule has 1 aromatic heterocycles. The van der Waals surface area contributed by atoms with Crippen molar-refractivity contribution in [3.8, 4) is 22.8 Å². The summed E-state index contributed by atoms with van der Waals surface area (Å²) in [6.45, 7) is 12.6. The summed E-state index contributed by atoms with van der Waals surface area (Å²) in [6.07, 6.45) is 3.22. The molecule has 2 rings (SSSR count). The molecule has 0 saturated carbocycles. The van der Waals surface area contributed by atoms with Crippen LogP contribution in [0.2, 0.25) is 0 Å². The van der Waals surface area contributed by atoms with E-state index in [0.717, 1.165) is 30.4 Å². The number of hydrogen-bond donors (Lipinski definition) is 2. The van der Waals surface area contributed by atoms with Gasteiger partial charge in [-0.05, 0) is 44.5 Å². The molecule has 10 nitrogen and oxygen atoms in total. The topological polar surface area (TPSA) is 121 Å². The Morgan fingerprint density at radius 3 is 2.08 bits per heavy atom. The Kier molecular flexibility index (Phi) is 17.9. The molecule has 0 radical (unpaired) electrons. The van der Waals surface area contributed by atoms with E-state index >= 15 is 0 Å². The number of hydrogen-bond acceptors (Lipinski definition) is 8. The molecule has 0 aliphatic carbocycles.